The Labute approximate surface area is 112 Å². The Hall–Kier alpha value is 1.81. The molecular formula is C7H9HfI2. The number of hydrogen-bond donors (Lipinski definition) is 0. The zero-order valence-corrected chi connectivity index (χ0v) is 13.7. The first-order valence-electron chi connectivity index (χ1n) is 2.94. The summed E-state index contributed by atoms with van der Waals surface area (Å²) < 4.78 is 1.69. The van der Waals surface area contributed by atoms with Crippen molar-refractivity contribution in [3.8, 4) is 0 Å². The van der Waals surface area contributed by atoms with Crippen molar-refractivity contribution in [1.29, 1.82) is 0 Å². The molecule has 0 bridgehead atoms. The molecule has 0 spiro atoms. The standard InChI is InChI=1S/C7H9.Hf.2HI/c1-2-7-5-3-4-6-7;;;/h3,5H,2,4H2,1H3;;2*1H/q;+2;;/p-2. The Morgan fingerprint density at radius 2 is 2.10 bits per heavy atom. The van der Waals surface area contributed by atoms with Crippen LogP contribution in [0.1, 0.15) is 19.8 Å². The fourth-order valence-electron chi connectivity index (χ4n) is 0.882. The number of rotatable bonds is 1. The summed E-state index contributed by atoms with van der Waals surface area (Å²) in [6, 6.07) is 0. The molecule has 0 saturated heterocycles. The minimum Gasteiger partial charge on any atom is -1.00 e. The van der Waals surface area contributed by atoms with E-state index in [9.17, 15) is 0 Å². The Balaban J connectivity index is 0. The van der Waals surface area contributed by atoms with Gasteiger partial charge in [0.15, 0.2) is 0 Å². The maximum absolute atomic E-state index is 2.27. The molecule has 0 aromatic heterocycles. The van der Waals surface area contributed by atoms with Crippen LogP contribution in [-0.4, -0.2) is 0 Å². The van der Waals surface area contributed by atoms with Gasteiger partial charge < -0.3 is 48.0 Å². The zero-order valence-electron chi connectivity index (χ0n) is 5.82. The van der Waals surface area contributed by atoms with Crippen LogP contribution in [0, 0.1) is 0 Å². The molecule has 1 aliphatic rings. The number of hydrogen-bond acceptors (Lipinski definition) is 0. The van der Waals surface area contributed by atoms with Gasteiger partial charge in [0.05, 0.1) is 0 Å². The SMILES string of the molecule is CCC1=[C]([Hf+2])CC=C1.[I-].[I-]. The van der Waals surface area contributed by atoms with Crippen LogP contribution in [0.4, 0.5) is 0 Å². The predicted molar refractivity (Wildman–Crippen MR) is 31.1 cm³/mol. The molecule has 0 unspecified atom stereocenters. The van der Waals surface area contributed by atoms with Crippen LogP contribution in [0.5, 0.6) is 0 Å². The second-order valence-corrected chi connectivity index (χ2v) is 4.13. The van der Waals surface area contributed by atoms with Gasteiger partial charge >= 0.3 is 65.2 Å². The van der Waals surface area contributed by atoms with E-state index in [1.807, 2.05) is 0 Å². The van der Waals surface area contributed by atoms with E-state index in [0.29, 0.717) is 0 Å². The van der Waals surface area contributed by atoms with E-state index in [1.165, 1.54) is 37.2 Å². The molecule has 0 aliphatic heterocycles. The van der Waals surface area contributed by atoms with E-state index >= 15 is 0 Å². The molecule has 0 heterocycles. The first kappa shape index (κ1) is 14.3. The molecule has 3 heteroatoms. The van der Waals surface area contributed by atoms with Crippen LogP contribution >= 0.6 is 0 Å². The summed E-state index contributed by atoms with van der Waals surface area (Å²) in [6.07, 6.45) is 7.01. The Morgan fingerprint density at radius 3 is 2.30 bits per heavy atom. The Morgan fingerprint density at radius 1 is 1.50 bits per heavy atom. The second-order valence-electron chi connectivity index (χ2n) is 1.96. The van der Waals surface area contributed by atoms with E-state index < -0.39 is 0 Å². The molecule has 1 aliphatic carbocycles. The average Bonchev–Trinajstić information content (AvgIpc) is 2.14. The summed E-state index contributed by atoms with van der Waals surface area (Å²) in [4.78, 5) is 0. The van der Waals surface area contributed by atoms with Crippen LogP contribution in [-0.2, 0) is 24.4 Å². The summed E-state index contributed by atoms with van der Waals surface area (Å²) in [5.41, 5.74) is 1.59. The maximum Gasteiger partial charge on any atom is -1.00 e. The number of allylic oxidation sites excluding steroid dienone is 4. The summed E-state index contributed by atoms with van der Waals surface area (Å²) in [7, 11) is 0. The summed E-state index contributed by atoms with van der Waals surface area (Å²) in [5.74, 6) is 0. The Bertz CT molecular complexity index is 150. The normalized spacial score (nSPS) is 14.7. The molecule has 0 saturated carbocycles. The van der Waals surface area contributed by atoms with Gasteiger partial charge in [-0.2, -0.15) is 0 Å². The Kier molecular flexibility index (Phi) is 10.7. The minimum atomic E-state index is 0. The zero-order chi connectivity index (χ0) is 5.98. The van der Waals surface area contributed by atoms with Crippen molar-refractivity contribution in [2.75, 3.05) is 0 Å². The molecule has 1 rings (SSSR count). The third-order valence-corrected chi connectivity index (χ3v) is 3.30. The molecular weight excluding hydrogens is 516 g/mol. The van der Waals surface area contributed by atoms with Crippen molar-refractivity contribution in [2.24, 2.45) is 0 Å². The molecule has 55 valence electrons. The van der Waals surface area contributed by atoms with E-state index in [1.54, 1.807) is 8.90 Å². The fraction of sp³-hybridized carbons (Fsp3) is 0.429. The van der Waals surface area contributed by atoms with Gasteiger partial charge in [-0.1, -0.05) is 0 Å². The van der Waals surface area contributed by atoms with Crippen LogP contribution in [0.25, 0.3) is 0 Å². The molecule has 0 fully saturated rings. The van der Waals surface area contributed by atoms with Crippen molar-refractivity contribution in [2.45, 2.75) is 19.8 Å². The van der Waals surface area contributed by atoms with Gasteiger partial charge in [0.1, 0.15) is 0 Å². The van der Waals surface area contributed by atoms with E-state index in [-0.39, 0.29) is 48.0 Å². The average molecular weight is 525 g/mol. The molecule has 0 nitrogen and oxygen atoms in total. The van der Waals surface area contributed by atoms with Crippen molar-refractivity contribution in [3.63, 3.8) is 0 Å². The van der Waals surface area contributed by atoms with E-state index in [2.05, 4.69) is 19.1 Å². The molecule has 0 radical (unpaired) electrons. The van der Waals surface area contributed by atoms with Crippen molar-refractivity contribution < 1.29 is 72.3 Å². The van der Waals surface area contributed by atoms with Gasteiger partial charge in [-0.15, -0.1) is 0 Å². The van der Waals surface area contributed by atoms with Gasteiger partial charge in [0.2, 0.25) is 0 Å². The van der Waals surface area contributed by atoms with E-state index in [0.717, 1.165) is 0 Å². The topological polar surface area (TPSA) is 0 Å². The maximum atomic E-state index is 2.27. The number of halogens is 2. The van der Waals surface area contributed by atoms with Gasteiger partial charge in [0, 0.05) is 0 Å². The third kappa shape index (κ3) is 3.99. The minimum absolute atomic E-state index is 0. The molecule has 0 atom stereocenters. The van der Waals surface area contributed by atoms with Gasteiger partial charge in [0.25, 0.3) is 0 Å². The first-order chi connectivity index (χ1) is 3.84. The fourth-order valence-corrected chi connectivity index (χ4v) is 2.24. The third-order valence-electron chi connectivity index (χ3n) is 1.41. The molecule has 0 N–H and O–H groups in total. The summed E-state index contributed by atoms with van der Waals surface area (Å²) in [5, 5.41) is 0. The van der Waals surface area contributed by atoms with Crippen LogP contribution in [0.2, 0.25) is 0 Å². The van der Waals surface area contributed by atoms with Crippen molar-refractivity contribution in [1.82, 2.24) is 0 Å². The molecule has 0 aromatic rings. The largest absolute Gasteiger partial charge is 1.00 e. The molecule has 0 amide bonds. The predicted octanol–water partition coefficient (Wildman–Crippen LogP) is -3.83. The van der Waals surface area contributed by atoms with Crippen molar-refractivity contribution >= 4 is 0 Å². The monoisotopic (exact) mass is 527 g/mol. The van der Waals surface area contributed by atoms with Gasteiger partial charge in [-0.25, -0.2) is 0 Å². The van der Waals surface area contributed by atoms with Crippen LogP contribution < -0.4 is 48.0 Å². The molecule has 0 aromatic carbocycles. The quantitative estimate of drug-likeness (QED) is 0.243. The van der Waals surface area contributed by atoms with Gasteiger partial charge in [-0.3, -0.25) is 0 Å². The second kappa shape index (κ2) is 7.46. The first-order valence-corrected chi connectivity index (χ1v) is 4.74. The van der Waals surface area contributed by atoms with Crippen molar-refractivity contribution in [3.05, 3.63) is 21.1 Å². The molecule has 10 heavy (non-hydrogen) atoms. The van der Waals surface area contributed by atoms with Crippen LogP contribution in [0.15, 0.2) is 21.1 Å². The van der Waals surface area contributed by atoms with E-state index in [4.69, 9.17) is 0 Å². The van der Waals surface area contributed by atoms with Crippen LogP contribution in [0.3, 0.4) is 0 Å². The van der Waals surface area contributed by atoms with Gasteiger partial charge in [-0.05, 0) is 0 Å². The summed E-state index contributed by atoms with van der Waals surface area (Å²) in [6.45, 7) is 2.23. The smallest absolute Gasteiger partial charge is 1.00 e. The summed E-state index contributed by atoms with van der Waals surface area (Å²) >= 11 is 1.26.